The van der Waals surface area contributed by atoms with E-state index in [-0.39, 0.29) is 12.1 Å². The second-order valence-corrected chi connectivity index (χ2v) is 3.66. The van der Waals surface area contributed by atoms with Crippen LogP contribution in [0.4, 0.5) is 0 Å². The predicted molar refractivity (Wildman–Crippen MR) is 64.2 cm³/mol. The van der Waals surface area contributed by atoms with Gasteiger partial charge in [-0.25, -0.2) is 0 Å². The Balaban J connectivity index is 3.49. The first kappa shape index (κ1) is 15.6. The zero-order chi connectivity index (χ0) is 12.2. The second kappa shape index (κ2) is 11.0. The van der Waals surface area contributed by atoms with Gasteiger partial charge in [0.05, 0.1) is 0 Å². The molecule has 0 aliphatic rings. The van der Waals surface area contributed by atoms with Crippen LogP contribution in [-0.2, 0) is 14.3 Å². The fourth-order valence-electron chi connectivity index (χ4n) is 1.51. The molecule has 4 heteroatoms. The Morgan fingerprint density at radius 1 is 1.12 bits per heavy atom. The number of hydrogen-bond acceptors (Lipinski definition) is 4. The summed E-state index contributed by atoms with van der Waals surface area (Å²) in [5.41, 5.74) is 5.30. The van der Waals surface area contributed by atoms with Crippen LogP contribution < -0.4 is 5.73 Å². The van der Waals surface area contributed by atoms with E-state index >= 15 is 0 Å². The van der Waals surface area contributed by atoms with Crippen molar-refractivity contribution in [2.24, 2.45) is 5.73 Å². The van der Waals surface area contributed by atoms with Gasteiger partial charge in [-0.05, 0) is 39.7 Å². The average Bonchev–Trinajstić information content (AvgIpc) is 2.25. The van der Waals surface area contributed by atoms with E-state index in [4.69, 9.17) is 15.2 Å². The van der Waals surface area contributed by atoms with Crippen LogP contribution in [0, 0.1) is 0 Å². The quantitative estimate of drug-likeness (QED) is 0.435. The molecule has 0 aromatic rings. The van der Waals surface area contributed by atoms with Gasteiger partial charge >= 0.3 is 0 Å². The number of carbonyl (C=O) groups excluding carboxylic acids is 1. The Bertz CT molecular complexity index is 168. The normalized spacial score (nSPS) is 11.0. The van der Waals surface area contributed by atoms with Gasteiger partial charge in [0.15, 0.2) is 6.29 Å². The lowest BCUT2D eigenvalue weighted by Gasteiger charge is -2.16. The number of ketones is 1. The summed E-state index contributed by atoms with van der Waals surface area (Å²) in [7, 11) is 0. The van der Waals surface area contributed by atoms with Crippen molar-refractivity contribution in [3.63, 3.8) is 0 Å². The van der Waals surface area contributed by atoms with Crippen LogP contribution in [0.2, 0.25) is 0 Å². The Morgan fingerprint density at radius 2 is 1.75 bits per heavy atom. The average molecular weight is 231 g/mol. The van der Waals surface area contributed by atoms with Crippen LogP contribution in [0.1, 0.15) is 46.0 Å². The van der Waals surface area contributed by atoms with E-state index in [0.717, 1.165) is 19.3 Å². The Kier molecular flexibility index (Phi) is 10.7. The van der Waals surface area contributed by atoms with Gasteiger partial charge in [-0.15, -0.1) is 0 Å². The first-order valence-electron chi connectivity index (χ1n) is 6.19. The van der Waals surface area contributed by atoms with Gasteiger partial charge in [-0.1, -0.05) is 0 Å². The summed E-state index contributed by atoms with van der Waals surface area (Å²) in [4.78, 5) is 11.2. The molecule has 0 aromatic heterocycles. The highest BCUT2D eigenvalue weighted by atomic mass is 16.7. The minimum absolute atomic E-state index is 0.111. The minimum Gasteiger partial charge on any atom is -0.353 e. The van der Waals surface area contributed by atoms with Crippen molar-refractivity contribution in [2.75, 3.05) is 19.8 Å². The van der Waals surface area contributed by atoms with Gasteiger partial charge in [0, 0.05) is 26.1 Å². The van der Waals surface area contributed by atoms with Gasteiger partial charge in [-0.3, -0.25) is 4.79 Å². The zero-order valence-corrected chi connectivity index (χ0v) is 10.5. The number of hydrogen-bond donors (Lipinski definition) is 1. The molecule has 0 heterocycles. The summed E-state index contributed by atoms with van der Waals surface area (Å²) in [6.07, 6.45) is 3.73. The summed E-state index contributed by atoms with van der Waals surface area (Å²) in [6.45, 7) is 5.69. The molecule has 0 amide bonds. The molecule has 0 aromatic carbocycles. The number of unbranched alkanes of at least 4 members (excludes halogenated alkanes) is 1. The summed E-state index contributed by atoms with van der Waals surface area (Å²) >= 11 is 0. The molecule has 0 radical (unpaired) electrons. The maximum absolute atomic E-state index is 11.2. The fourth-order valence-corrected chi connectivity index (χ4v) is 1.51. The maximum atomic E-state index is 11.2. The molecule has 96 valence electrons. The van der Waals surface area contributed by atoms with Crippen molar-refractivity contribution in [1.82, 2.24) is 0 Å². The molecule has 0 saturated heterocycles. The molecule has 0 atom stereocenters. The van der Waals surface area contributed by atoms with E-state index in [1.54, 1.807) is 0 Å². The van der Waals surface area contributed by atoms with Crippen LogP contribution in [-0.4, -0.2) is 31.8 Å². The monoisotopic (exact) mass is 231 g/mol. The van der Waals surface area contributed by atoms with E-state index in [1.807, 2.05) is 13.8 Å². The third-order valence-electron chi connectivity index (χ3n) is 2.27. The van der Waals surface area contributed by atoms with Gasteiger partial charge in [0.2, 0.25) is 0 Å². The number of carbonyl (C=O) groups is 1. The molecule has 0 bridgehead atoms. The van der Waals surface area contributed by atoms with Crippen LogP contribution in [0.15, 0.2) is 0 Å². The van der Waals surface area contributed by atoms with Crippen molar-refractivity contribution in [3.05, 3.63) is 0 Å². The van der Waals surface area contributed by atoms with E-state index in [1.165, 1.54) is 0 Å². The van der Waals surface area contributed by atoms with Gasteiger partial charge in [-0.2, -0.15) is 0 Å². The molecule has 0 fully saturated rings. The van der Waals surface area contributed by atoms with Gasteiger partial charge in [0.25, 0.3) is 0 Å². The third-order valence-corrected chi connectivity index (χ3v) is 2.27. The molecule has 0 rings (SSSR count). The van der Waals surface area contributed by atoms with Crippen LogP contribution in [0.5, 0.6) is 0 Å². The Labute approximate surface area is 98.5 Å². The fraction of sp³-hybridized carbons (Fsp3) is 0.917. The van der Waals surface area contributed by atoms with Crippen LogP contribution >= 0.6 is 0 Å². The largest absolute Gasteiger partial charge is 0.353 e. The summed E-state index contributed by atoms with van der Waals surface area (Å²) in [5, 5.41) is 0. The summed E-state index contributed by atoms with van der Waals surface area (Å²) < 4.78 is 10.8. The first-order valence-corrected chi connectivity index (χ1v) is 6.19. The van der Waals surface area contributed by atoms with Gasteiger partial charge < -0.3 is 15.2 Å². The maximum Gasteiger partial charge on any atom is 0.157 e. The van der Waals surface area contributed by atoms with E-state index in [9.17, 15) is 4.79 Å². The minimum atomic E-state index is -0.111. The SMILES string of the molecule is CCOC(CCCCC(=O)CCN)OCC. The van der Waals surface area contributed by atoms with Crippen molar-refractivity contribution in [2.45, 2.75) is 52.2 Å². The van der Waals surface area contributed by atoms with E-state index in [0.29, 0.717) is 32.6 Å². The number of ether oxygens (including phenoxy) is 2. The van der Waals surface area contributed by atoms with E-state index < -0.39 is 0 Å². The highest BCUT2D eigenvalue weighted by Crippen LogP contribution is 2.09. The molecule has 0 aliphatic heterocycles. The lowest BCUT2D eigenvalue weighted by atomic mass is 10.1. The molecule has 0 unspecified atom stereocenters. The predicted octanol–water partition coefficient (Wildman–Crippen LogP) is 1.86. The van der Waals surface area contributed by atoms with Crippen molar-refractivity contribution >= 4 is 5.78 Å². The third kappa shape index (κ3) is 8.83. The van der Waals surface area contributed by atoms with Gasteiger partial charge in [0.1, 0.15) is 5.78 Å². The summed E-state index contributed by atoms with van der Waals surface area (Å²) in [6, 6.07) is 0. The lowest BCUT2D eigenvalue weighted by Crippen LogP contribution is -2.17. The molecule has 4 nitrogen and oxygen atoms in total. The number of nitrogens with two attached hydrogens (primary N) is 1. The molecule has 2 N–H and O–H groups in total. The van der Waals surface area contributed by atoms with Crippen LogP contribution in [0.3, 0.4) is 0 Å². The molecule has 0 spiro atoms. The Hall–Kier alpha value is -0.450. The zero-order valence-electron chi connectivity index (χ0n) is 10.5. The molecule has 16 heavy (non-hydrogen) atoms. The van der Waals surface area contributed by atoms with Crippen LogP contribution in [0.25, 0.3) is 0 Å². The molecule has 0 aliphatic carbocycles. The standard InChI is InChI=1S/C12H25NO3/c1-3-15-12(16-4-2)8-6-5-7-11(14)9-10-13/h12H,3-10,13H2,1-2H3. The second-order valence-electron chi connectivity index (χ2n) is 3.66. The topological polar surface area (TPSA) is 61.5 Å². The first-order chi connectivity index (χ1) is 7.74. The van der Waals surface area contributed by atoms with Crippen molar-refractivity contribution in [3.8, 4) is 0 Å². The highest BCUT2D eigenvalue weighted by Gasteiger charge is 2.07. The van der Waals surface area contributed by atoms with Crippen molar-refractivity contribution < 1.29 is 14.3 Å². The molecular weight excluding hydrogens is 206 g/mol. The highest BCUT2D eigenvalue weighted by molar-refractivity contribution is 5.78. The molecule has 0 saturated carbocycles. The number of Topliss-reactive ketones (excluding diaryl/α,β-unsaturated/α-hetero) is 1. The summed E-state index contributed by atoms with van der Waals surface area (Å²) in [5.74, 6) is 0.256. The smallest absolute Gasteiger partial charge is 0.157 e. The number of rotatable bonds is 11. The van der Waals surface area contributed by atoms with Crippen molar-refractivity contribution in [1.29, 1.82) is 0 Å². The molecular formula is C12H25NO3. The lowest BCUT2D eigenvalue weighted by molar-refractivity contribution is -0.140. The van der Waals surface area contributed by atoms with E-state index in [2.05, 4.69) is 0 Å². The Morgan fingerprint density at radius 3 is 2.25 bits per heavy atom.